The molecule has 17 heavy (non-hydrogen) atoms. The lowest BCUT2D eigenvalue weighted by Crippen LogP contribution is -2.20. The fourth-order valence-electron chi connectivity index (χ4n) is 2.31. The maximum absolute atomic E-state index is 5.75. The van der Waals surface area contributed by atoms with E-state index < -0.39 is 0 Å². The number of rotatable bonds is 3. The summed E-state index contributed by atoms with van der Waals surface area (Å²) < 4.78 is 5.24. The predicted octanol–water partition coefficient (Wildman–Crippen LogP) is 2.20. The van der Waals surface area contributed by atoms with Crippen LogP contribution in [-0.2, 0) is 0 Å². The lowest BCUT2D eigenvalue weighted by atomic mass is 10.1. The highest BCUT2D eigenvalue weighted by Gasteiger charge is 2.16. The zero-order valence-corrected chi connectivity index (χ0v) is 10.3. The van der Waals surface area contributed by atoms with Crippen molar-refractivity contribution in [2.45, 2.75) is 44.6 Å². The molecule has 1 aromatic heterocycles. The molecule has 0 spiro atoms. The van der Waals surface area contributed by atoms with Crippen molar-refractivity contribution >= 4 is 11.6 Å². The molecule has 0 unspecified atom stereocenters. The molecule has 2 rings (SSSR count). The number of methoxy groups -OCH3 is 1. The van der Waals surface area contributed by atoms with Crippen LogP contribution in [0.15, 0.2) is 6.33 Å². The van der Waals surface area contributed by atoms with Crippen molar-refractivity contribution in [3.63, 3.8) is 0 Å². The zero-order chi connectivity index (χ0) is 12.1. The first-order valence-corrected chi connectivity index (χ1v) is 6.22. The van der Waals surface area contributed by atoms with Crippen molar-refractivity contribution in [1.29, 1.82) is 0 Å². The van der Waals surface area contributed by atoms with Crippen molar-refractivity contribution in [3.05, 3.63) is 6.33 Å². The van der Waals surface area contributed by atoms with Gasteiger partial charge in [-0.15, -0.1) is 0 Å². The molecule has 1 aromatic rings. The molecule has 0 amide bonds. The normalized spacial score (nSPS) is 17.5. The average Bonchev–Trinajstić information content (AvgIpc) is 2.58. The lowest BCUT2D eigenvalue weighted by Gasteiger charge is -2.18. The first-order valence-electron chi connectivity index (χ1n) is 6.22. The van der Waals surface area contributed by atoms with E-state index in [2.05, 4.69) is 15.3 Å². The van der Waals surface area contributed by atoms with Crippen LogP contribution in [0.3, 0.4) is 0 Å². The number of hydrogen-bond donors (Lipinski definition) is 2. The molecule has 0 saturated heterocycles. The number of aromatic nitrogens is 2. The van der Waals surface area contributed by atoms with Gasteiger partial charge in [0.15, 0.2) is 11.6 Å². The molecule has 3 N–H and O–H groups in total. The Hall–Kier alpha value is -1.52. The molecular weight excluding hydrogens is 216 g/mol. The highest BCUT2D eigenvalue weighted by Crippen LogP contribution is 2.29. The topological polar surface area (TPSA) is 73.1 Å². The van der Waals surface area contributed by atoms with Gasteiger partial charge in [0.05, 0.1) is 7.11 Å². The number of hydrogen-bond acceptors (Lipinski definition) is 5. The minimum absolute atomic E-state index is 0.388. The molecule has 1 saturated carbocycles. The summed E-state index contributed by atoms with van der Waals surface area (Å²) in [6.45, 7) is 0. The van der Waals surface area contributed by atoms with Crippen molar-refractivity contribution in [1.82, 2.24) is 9.97 Å². The summed E-state index contributed by atoms with van der Waals surface area (Å²) in [4.78, 5) is 8.13. The maximum Gasteiger partial charge on any atom is 0.203 e. The largest absolute Gasteiger partial charge is 0.490 e. The van der Waals surface area contributed by atoms with Gasteiger partial charge in [0.25, 0.3) is 0 Å². The number of ether oxygens (including phenoxy) is 1. The molecule has 1 fully saturated rings. The number of nitrogen functional groups attached to an aromatic ring is 1. The van der Waals surface area contributed by atoms with Gasteiger partial charge in [-0.25, -0.2) is 9.97 Å². The smallest absolute Gasteiger partial charge is 0.203 e. The van der Waals surface area contributed by atoms with Crippen LogP contribution in [-0.4, -0.2) is 23.1 Å². The van der Waals surface area contributed by atoms with E-state index in [0.29, 0.717) is 23.4 Å². The second kappa shape index (κ2) is 5.70. The van der Waals surface area contributed by atoms with E-state index in [0.717, 1.165) is 0 Å². The fourth-order valence-corrected chi connectivity index (χ4v) is 2.31. The third kappa shape index (κ3) is 2.99. The molecule has 0 radical (unpaired) electrons. The van der Waals surface area contributed by atoms with Gasteiger partial charge >= 0.3 is 0 Å². The Kier molecular flexibility index (Phi) is 4.01. The first kappa shape index (κ1) is 12.0. The molecule has 1 aliphatic rings. The number of nitrogens with one attached hydrogen (secondary N) is 1. The Morgan fingerprint density at radius 3 is 2.59 bits per heavy atom. The van der Waals surface area contributed by atoms with Crippen molar-refractivity contribution in [2.75, 3.05) is 18.2 Å². The van der Waals surface area contributed by atoms with E-state index in [1.165, 1.54) is 44.9 Å². The van der Waals surface area contributed by atoms with E-state index in [9.17, 15) is 0 Å². The average molecular weight is 236 g/mol. The summed E-state index contributed by atoms with van der Waals surface area (Å²) >= 11 is 0. The van der Waals surface area contributed by atoms with E-state index >= 15 is 0 Å². The third-order valence-electron chi connectivity index (χ3n) is 3.23. The molecule has 0 atom stereocenters. The Morgan fingerprint density at radius 2 is 1.94 bits per heavy atom. The van der Waals surface area contributed by atoms with Gasteiger partial charge in [0.2, 0.25) is 5.75 Å². The molecule has 0 aliphatic heterocycles. The molecule has 94 valence electrons. The van der Waals surface area contributed by atoms with Gasteiger partial charge < -0.3 is 15.8 Å². The maximum atomic E-state index is 5.75. The van der Waals surface area contributed by atoms with Crippen LogP contribution >= 0.6 is 0 Å². The van der Waals surface area contributed by atoms with Gasteiger partial charge in [0.1, 0.15) is 6.33 Å². The van der Waals surface area contributed by atoms with Gasteiger partial charge in [-0.3, -0.25) is 0 Å². The van der Waals surface area contributed by atoms with Crippen LogP contribution in [0.2, 0.25) is 0 Å². The number of nitrogens with two attached hydrogens (primary N) is 1. The molecule has 0 bridgehead atoms. The zero-order valence-electron chi connectivity index (χ0n) is 10.3. The summed E-state index contributed by atoms with van der Waals surface area (Å²) in [7, 11) is 1.59. The fraction of sp³-hybridized carbons (Fsp3) is 0.667. The highest BCUT2D eigenvalue weighted by molar-refractivity contribution is 5.61. The summed E-state index contributed by atoms with van der Waals surface area (Å²) in [5, 5.41) is 3.43. The van der Waals surface area contributed by atoms with Gasteiger partial charge in [-0.1, -0.05) is 25.7 Å². The highest BCUT2D eigenvalue weighted by atomic mass is 16.5. The summed E-state index contributed by atoms with van der Waals surface area (Å²) in [5.41, 5.74) is 5.75. The number of nitrogens with zero attached hydrogens (tertiary/aromatic N) is 2. The van der Waals surface area contributed by atoms with Crippen LogP contribution in [0.1, 0.15) is 38.5 Å². The van der Waals surface area contributed by atoms with Crippen LogP contribution in [0.4, 0.5) is 11.6 Å². The quantitative estimate of drug-likeness (QED) is 0.787. The molecule has 5 nitrogen and oxygen atoms in total. The van der Waals surface area contributed by atoms with E-state index in [1.807, 2.05) is 0 Å². The Morgan fingerprint density at radius 1 is 1.24 bits per heavy atom. The Bertz CT molecular complexity index is 362. The van der Waals surface area contributed by atoms with Crippen molar-refractivity contribution < 1.29 is 4.74 Å². The molecule has 1 heterocycles. The van der Waals surface area contributed by atoms with Gasteiger partial charge in [-0.05, 0) is 12.8 Å². The van der Waals surface area contributed by atoms with Crippen LogP contribution < -0.4 is 15.8 Å². The summed E-state index contributed by atoms with van der Waals surface area (Å²) in [6, 6.07) is 0.473. The Labute approximate surface area is 102 Å². The van der Waals surface area contributed by atoms with E-state index in [-0.39, 0.29) is 0 Å². The monoisotopic (exact) mass is 236 g/mol. The minimum Gasteiger partial charge on any atom is -0.490 e. The van der Waals surface area contributed by atoms with Crippen LogP contribution in [0.25, 0.3) is 0 Å². The van der Waals surface area contributed by atoms with Gasteiger partial charge in [0, 0.05) is 6.04 Å². The molecule has 0 aromatic carbocycles. The van der Waals surface area contributed by atoms with E-state index in [1.54, 1.807) is 7.11 Å². The van der Waals surface area contributed by atoms with Crippen LogP contribution in [0, 0.1) is 0 Å². The van der Waals surface area contributed by atoms with Crippen molar-refractivity contribution in [2.24, 2.45) is 0 Å². The standard InChI is InChI=1S/C12H20N4O/c1-17-10-11(13)14-8-15-12(10)16-9-6-4-2-3-5-7-9/h8-9H,2-7H2,1H3,(H3,13,14,15,16). The number of anilines is 2. The third-order valence-corrected chi connectivity index (χ3v) is 3.23. The minimum atomic E-state index is 0.388. The van der Waals surface area contributed by atoms with Gasteiger partial charge in [-0.2, -0.15) is 0 Å². The Balaban J connectivity index is 2.09. The van der Waals surface area contributed by atoms with E-state index in [4.69, 9.17) is 10.5 Å². The lowest BCUT2D eigenvalue weighted by molar-refractivity contribution is 0.414. The second-order valence-electron chi connectivity index (χ2n) is 4.47. The van der Waals surface area contributed by atoms with Crippen molar-refractivity contribution in [3.8, 4) is 5.75 Å². The molecular formula is C12H20N4O. The summed E-state index contributed by atoms with van der Waals surface area (Å²) in [5.74, 6) is 1.65. The molecule has 5 heteroatoms. The SMILES string of the molecule is COc1c(N)ncnc1NC1CCCCCC1. The first-order chi connectivity index (χ1) is 8.31. The predicted molar refractivity (Wildman–Crippen MR) is 68.1 cm³/mol. The second-order valence-corrected chi connectivity index (χ2v) is 4.47. The van der Waals surface area contributed by atoms with Crippen LogP contribution in [0.5, 0.6) is 5.75 Å². The molecule has 1 aliphatic carbocycles. The summed E-state index contributed by atoms with van der Waals surface area (Å²) in [6.07, 6.45) is 9.07.